The monoisotopic (exact) mass is 278 g/mol. The van der Waals surface area contributed by atoms with Gasteiger partial charge < -0.3 is 11.1 Å². The Morgan fingerprint density at radius 3 is 2.47 bits per heavy atom. The fourth-order valence-corrected chi connectivity index (χ4v) is 2.50. The van der Waals surface area contributed by atoms with Crippen molar-refractivity contribution < 1.29 is 4.79 Å². The normalized spacial score (nSPS) is 11.1. The number of carbonyl (C=O) groups is 1. The van der Waals surface area contributed by atoms with Gasteiger partial charge in [-0.3, -0.25) is 4.79 Å². The van der Waals surface area contributed by atoms with Crippen molar-refractivity contribution in [3.05, 3.63) is 35.4 Å². The molecule has 0 radical (unpaired) electrons. The molecule has 3 nitrogen and oxygen atoms in total. The van der Waals surface area contributed by atoms with E-state index in [1.807, 2.05) is 45.0 Å². The third kappa shape index (κ3) is 4.03. The van der Waals surface area contributed by atoms with Gasteiger partial charge in [-0.15, -0.1) is 0 Å². The van der Waals surface area contributed by atoms with Gasteiger partial charge in [-0.25, -0.2) is 0 Å². The van der Waals surface area contributed by atoms with Gasteiger partial charge >= 0.3 is 0 Å². The molecule has 4 heteroatoms. The molecule has 0 aliphatic heterocycles. The van der Waals surface area contributed by atoms with E-state index in [2.05, 4.69) is 5.32 Å². The lowest BCUT2D eigenvalue weighted by Crippen LogP contribution is -2.56. The third-order valence-corrected chi connectivity index (χ3v) is 3.90. The molecular formula is C15H22N2OS. The van der Waals surface area contributed by atoms with E-state index < -0.39 is 5.54 Å². The van der Waals surface area contributed by atoms with E-state index >= 15 is 0 Å². The van der Waals surface area contributed by atoms with Crippen molar-refractivity contribution in [2.75, 3.05) is 0 Å². The lowest BCUT2D eigenvalue weighted by molar-refractivity contribution is -0.121. The molecule has 0 fully saturated rings. The third-order valence-electron chi connectivity index (χ3n) is 3.50. The highest BCUT2D eigenvalue weighted by Crippen LogP contribution is 2.16. The van der Waals surface area contributed by atoms with Gasteiger partial charge in [-0.2, -0.15) is 0 Å². The van der Waals surface area contributed by atoms with Gasteiger partial charge in [0.25, 0.3) is 0 Å². The molecule has 0 atom stereocenters. The maximum atomic E-state index is 12.1. The standard InChI is InChI=1S/C15H22N2OS/c1-4-15(5-2,14(16)19)17-13(18)10-12-8-6-7-11(3)9-12/h6-9H,4-5,10H2,1-3H3,(H2,16,19)(H,17,18). The van der Waals surface area contributed by atoms with E-state index in [1.165, 1.54) is 0 Å². The van der Waals surface area contributed by atoms with Crippen molar-refractivity contribution in [2.24, 2.45) is 5.73 Å². The Labute approximate surface area is 120 Å². The van der Waals surface area contributed by atoms with Crippen LogP contribution in [0.4, 0.5) is 0 Å². The van der Waals surface area contributed by atoms with Gasteiger partial charge in [0.2, 0.25) is 5.91 Å². The lowest BCUT2D eigenvalue weighted by atomic mass is 9.92. The largest absolute Gasteiger partial charge is 0.391 e. The molecule has 19 heavy (non-hydrogen) atoms. The van der Waals surface area contributed by atoms with Crippen LogP contribution in [-0.4, -0.2) is 16.4 Å². The molecule has 1 rings (SSSR count). The molecule has 1 amide bonds. The number of hydrogen-bond acceptors (Lipinski definition) is 2. The van der Waals surface area contributed by atoms with Crippen molar-refractivity contribution >= 4 is 23.1 Å². The molecule has 0 unspecified atom stereocenters. The smallest absolute Gasteiger partial charge is 0.225 e. The van der Waals surface area contributed by atoms with Crippen LogP contribution in [-0.2, 0) is 11.2 Å². The molecule has 0 aromatic heterocycles. The predicted octanol–water partition coefficient (Wildman–Crippen LogP) is 2.50. The number of hydrogen-bond donors (Lipinski definition) is 2. The summed E-state index contributed by atoms with van der Waals surface area (Å²) in [6.45, 7) is 5.98. The van der Waals surface area contributed by atoms with Gasteiger partial charge in [0, 0.05) is 0 Å². The molecule has 0 bridgehead atoms. The zero-order valence-corrected chi connectivity index (χ0v) is 12.6. The van der Waals surface area contributed by atoms with Crippen molar-refractivity contribution in [2.45, 2.75) is 45.6 Å². The van der Waals surface area contributed by atoms with Crippen molar-refractivity contribution in [3.8, 4) is 0 Å². The number of nitrogens with one attached hydrogen (secondary N) is 1. The second-order valence-corrected chi connectivity index (χ2v) is 5.31. The number of nitrogens with two attached hydrogens (primary N) is 1. The van der Waals surface area contributed by atoms with E-state index in [1.54, 1.807) is 0 Å². The van der Waals surface area contributed by atoms with Crippen molar-refractivity contribution in [1.29, 1.82) is 0 Å². The van der Waals surface area contributed by atoms with Crippen LogP contribution in [0, 0.1) is 6.92 Å². The summed E-state index contributed by atoms with van der Waals surface area (Å²) in [4.78, 5) is 12.5. The minimum Gasteiger partial charge on any atom is -0.391 e. The van der Waals surface area contributed by atoms with Crippen LogP contribution in [0.1, 0.15) is 37.8 Å². The summed E-state index contributed by atoms with van der Waals surface area (Å²) in [5, 5.41) is 2.99. The predicted molar refractivity (Wildman–Crippen MR) is 83.1 cm³/mol. The fraction of sp³-hybridized carbons (Fsp3) is 0.467. The summed E-state index contributed by atoms with van der Waals surface area (Å²) < 4.78 is 0. The number of carbonyl (C=O) groups excluding carboxylic acids is 1. The minimum atomic E-state index is -0.559. The maximum absolute atomic E-state index is 12.1. The highest BCUT2D eigenvalue weighted by molar-refractivity contribution is 7.80. The maximum Gasteiger partial charge on any atom is 0.225 e. The van der Waals surface area contributed by atoms with Crippen LogP contribution in [0.25, 0.3) is 0 Å². The molecule has 0 aliphatic rings. The first-order valence-electron chi connectivity index (χ1n) is 6.60. The molecule has 1 aromatic rings. The van der Waals surface area contributed by atoms with Crippen LogP contribution in [0.5, 0.6) is 0 Å². The molecular weight excluding hydrogens is 256 g/mol. The first-order valence-corrected chi connectivity index (χ1v) is 7.00. The van der Waals surface area contributed by atoms with Gasteiger partial charge in [0.15, 0.2) is 0 Å². The number of thiocarbonyl (C=S) groups is 1. The molecule has 3 N–H and O–H groups in total. The zero-order chi connectivity index (χ0) is 14.5. The van der Waals surface area contributed by atoms with E-state index in [0.717, 1.165) is 11.1 Å². The molecule has 0 aliphatic carbocycles. The Bertz CT molecular complexity index is 467. The van der Waals surface area contributed by atoms with Crippen LogP contribution < -0.4 is 11.1 Å². The number of benzene rings is 1. The molecule has 0 heterocycles. The fourth-order valence-electron chi connectivity index (χ4n) is 2.16. The van der Waals surface area contributed by atoms with Crippen LogP contribution in [0.3, 0.4) is 0 Å². The van der Waals surface area contributed by atoms with Gasteiger partial charge in [-0.05, 0) is 25.3 Å². The molecule has 1 aromatic carbocycles. The Kier molecular flexibility index (Phi) is 5.48. The quantitative estimate of drug-likeness (QED) is 0.786. The average Bonchev–Trinajstić information content (AvgIpc) is 2.35. The van der Waals surface area contributed by atoms with Gasteiger partial charge in [0.05, 0.1) is 16.9 Å². The Balaban J connectivity index is 2.76. The summed E-state index contributed by atoms with van der Waals surface area (Å²) in [5.74, 6) is -0.0397. The first kappa shape index (κ1) is 15.6. The molecule has 0 spiro atoms. The first-order chi connectivity index (χ1) is 8.93. The van der Waals surface area contributed by atoms with Crippen LogP contribution >= 0.6 is 12.2 Å². The summed E-state index contributed by atoms with van der Waals surface area (Å²) in [5.41, 5.74) is 7.37. The zero-order valence-electron chi connectivity index (χ0n) is 11.8. The summed E-state index contributed by atoms with van der Waals surface area (Å²) in [6, 6.07) is 7.93. The SMILES string of the molecule is CCC(CC)(NC(=O)Cc1cccc(C)c1)C(N)=S. The van der Waals surface area contributed by atoms with Gasteiger partial charge in [0.1, 0.15) is 0 Å². The van der Waals surface area contributed by atoms with E-state index in [4.69, 9.17) is 18.0 Å². The Morgan fingerprint density at radius 2 is 2.00 bits per heavy atom. The highest BCUT2D eigenvalue weighted by Gasteiger charge is 2.31. The highest BCUT2D eigenvalue weighted by atomic mass is 32.1. The summed E-state index contributed by atoms with van der Waals surface area (Å²) >= 11 is 5.09. The second-order valence-electron chi connectivity index (χ2n) is 4.87. The Hall–Kier alpha value is -1.42. The average molecular weight is 278 g/mol. The van der Waals surface area contributed by atoms with Crippen molar-refractivity contribution in [1.82, 2.24) is 5.32 Å². The second kappa shape index (κ2) is 6.66. The van der Waals surface area contributed by atoms with E-state index in [9.17, 15) is 4.79 Å². The van der Waals surface area contributed by atoms with Crippen LogP contribution in [0.2, 0.25) is 0 Å². The minimum absolute atomic E-state index is 0.0397. The van der Waals surface area contributed by atoms with E-state index in [0.29, 0.717) is 24.3 Å². The van der Waals surface area contributed by atoms with Crippen LogP contribution in [0.15, 0.2) is 24.3 Å². The summed E-state index contributed by atoms with van der Waals surface area (Å²) in [7, 11) is 0. The lowest BCUT2D eigenvalue weighted by Gasteiger charge is -2.31. The molecule has 0 saturated heterocycles. The number of aryl methyl sites for hydroxylation is 1. The van der Waals surface area contributed by atoms with Crippen molar-refractivity contribution in [3.63, 3.8) is 0 Å². The Morgan fingerprint density at radius 1 is 1.37 bits per heavy atom. The van der Waals surface area contributed by atoms with E-state index in [-0.39, 0.29) is 5.91 Å². The topological polar surface area (TPSA) is 55.1 Å². The molecule has 104 valence electrons. The van der Waals surface area contributed by atoms with Gasteiger partial charge in [-0.1, -0.05) is 55.9 Å². The molecule has 0 saturated carbocycles. The number of amides is 1. The number of rotatable bonds is 6. The summed E-state index contributed by atoms with van der Waals surface area (Å²) in [6.07, 6.45) is 1.77.